The number of nitrogens with one attached hydrogen (secondary N) is 1. The Balaban J connectivity index is 1.91. The summed E-state index contributed by atoms with van der Waals surface area (Å²) in [4.78, 5) is 8.75. The Kier molecular flexibility index (Phi) is 3.93. The van der Waals surface area contributed by atoms with Crippen molar-refractivity contribution >= 4 is 34.4 Å². The number of rotatable bonds is 3. The number of aliphatic hydroxyl groups is 1. The van der Waals surface area contributed by atoms with Gasteiger partial charge in [-0.3, -0.25) is 0 Å². The van der Waals surface area contributed by atoms with E-state index in [1.54, 1.807) is 13.0 Å². The molecule has 0 aliphatic carbocycles. The van der Waals surface area contributed by atoms with Gasteiger partial charge in [0.25, 0.3) is 0 Å². The number of H-pyrrole nitrogens is 1. The quantitative estimate of drug-likeness (QED) is 0.734. The molecule has 2 aromatic carbocycles. The molecule has 1 aromatic heterocycles. The number of imidazole rings is 1. The monoisotopic (exact) mass is 318 g/mol. The largest absolute Gasteiger partial charge is 0.389 e. The van der Waals surface area contributed by atoms with Gasteiger partial charge in [0.2, 0.25) is 0 Å². The lowest BCUT2D eigenvalue weighted by atomic mass is 10.1. The maximum absolute atomic E-state index is 9.57. The summed E-state index contributed by atoms with van der Waals surface area (Å²) in [6, 6.07) is 11.7. The van der Waals surface area contributed by atoms with Crippen LogP contribution in [0.5, 0.6) is 0 Å². The number of fused-ring (bicyclic) bond motifs is 1. The van der Waals surface area contributed by atoms with Crippen LogP contribution in [0.15, 0.2) is 46.5 Å². The van der Waals surface area contributed by atoms with Gasteiger partial charge < -0.3 is 10.1 Å². The average molecular weight is 319 g/mol. The Bertz CT molecular complexity index is 798. The van der Waals surface area contributed by atoms with Crippen molar-refractivity contribution in [1.82, 2.24) is 9.97 Å². The van der Waals surface area contributed by atoms with Gasteiger partial charge in [0.15, 0.2) is 5.16 Å². The van der Waals surface area contributed by atoms with E-state index in [4.69, 9.17) is 11.6 Å². The zero-order chi connectivity index (χ0) is 15.0. The van der Waals surface area contributed by atoms with Crippen molar-refractivity contribution in [3.63, 3.8) is 0 Å². The van der Waals surface area contributed by atoms with Crippen LogP contribution in [0.25, 0.3) is 11.0 Å². The first-order chi connectivity index (χ1) is 10.0. The van der Waals surface area contributed by atoms with Crippen molar-refractivity contribution in [3.05, 3.63) is 52.5 Å². The molecule has 0 unspecified atom stereocenters. The molecule has 0 spiro atoms. The molecule has 0 amide bonds. The second kappa shape index (κ2) is 5.72. The van der Waals surface area contributed by atoms with Crippen molar-refractivity contribution < 1.29 is 5.11 Å². The SMILES string of the molecule is Cc1ccc2nc(Sc3ccc([C@@H](C)O)cc3Cl)[nH]c2c1. The van der Waals surface area contributed by atoms with Gasteiger partial charge in [0.05, 0.1) is 22.2 Å². The molecule has 0 aliphatic rings. The second-order valence-electron chi connectivity index (χ2n) is 5.03. The summed E-state index contributed by atoms with van der Waals surface area (Å²) in [5, 5.41) is 11.0. The van der Waals surface area contributed by atoms with E-state index in [2.05, 4.69) is 23.0 Å². The predicted molar refractivity (Wildman–Crippen MR) is 87.0 cm³/mol. The van der Waals surface area contributed by atoms with E-state index in [-0.39, 0.29) is 0 Å². The maximum Gasteiger partial charge on any atom is 0.171 e. The standard InChI is InChI=1S/C16H15ClN2OS/c1-9-3-5-13-14(7-9)19-16(18-13)21-15-6-4-11(10(2)20)8-12(15)17/h3-8,10,20H,1-2H3,(H,18,19)/t10-/m1/s1. The highest BCUT2D eigenvalue weighted by Gasteiger charge is 2.10. The van der Waals surface area contributed by atoms with Gasteiger partial charge in [-0.1, -0.05) is 35.5 Å². The van der Waals surface area contributed by atoms with E-state index in [1.807, 2.05) is 24.3 Å². The summed E-state index contributed by atoms with van der Waals surface area (Å²) >= 11 is 7.76. The first kappa shape index (κ1) is 14.4. The summed E-state index contributed by atoms with van der Waals surface area (Å²) in [6.45, 7) is 3.78. The molecule has 2 N–H and O–H groups in total. The topological polar surface area (TPSA) is 48.9 Å². The lowest BCUT2D eigenvalue weighted by molar-refractivity contribution is 0.199. The minimum Gasteiger partial charge on any atom is -0.389 e. The van der Waals surface area contributed by atoms with Gasteiger partial charge in [0, 0.05) is 4.90 Å². The van der Waals surface area contributed by atoms with E-state index in [0.717, 1.165) is 26.6 Å². The second-order valence-corrected chi connectivity index (χ2v) is 6.47. The number of hydrogen-bond donors (Lipinski definition) is 2. The van der Waals surface area contributed by atoms with Crippen molar-refractivity contribution in [2.75, 3.05) is 0 Å². The van der Waals surface area contributed by atoms with Crippen LogP contribution in [0, 0.1) is 6.92 Å². The van der Waals surface area contributed by atoms with Crippen molar-refractivity contribution in [1.29, 1.82) is 0 Å². The Hall–Kier alpha value is -1.49. The number of aliphatic hydroxyl groups excluding tert-OH is 1. The summed E-state index contributed by atoms with van der Waals surface area (Å²) in [5.41, 5.74) is 3.97. The molecule has 108 valence electrons. The molecule has 5 heteroatoms. The Morgan fingerprint density at radius 1 is 1.24 bits per heavy atom. The molecule has 21 heavy (non-hydrogen) atoms. The Morgan fingerprint density at radius 3 is 2.76 bits per heavy atom. The number of hydrogen-bond acceptors (Lipinski definition) is 3. The molecule has 0 bridgehead atoms. The minimum atomic E-state index is -0.518. The lowest BCUT2D eigenvalue weighted by Crippen LogP contribution is -1.90. The van der Waals surface area contributed by atoms with Gasteiger partial charge in [0.1, 0.15) is 0 Å². The van der Waals surface area contributed by atoms with E-state index in [9.17, 15) is 5.11 Å². The van der Waals surface area contributed by atoms with Crippen LogP contribution in [0.1, 0.15) is 24.2 Å². The molecule has 3 aromatic rings. The van der Waals surface area contributed by atoms with E-state index in [1.165, 1.54) is 17.3 Å². The zero-order valence-electron chi connectivity index (χ0n) is 11.7. The minimum absolute atomic E-state index is 0.518. The molecule has 0 aliphatic heterocycles. The molecule has 0 saturated carbocycles. The van der Waals surface area contributed by atoms with Gasteiger partial charge in [-0.15, -0.1) is 0 Å². The molecule has 0 radical (unpaired) electrons. The fourth-order valence-corrected chi connectivity index (χ4v) is 3.22. The first-order valence-electron chi connectivity index (χ1n) is 6.64. The average Bonchev–Trinajstić information content (AvgIpc) is 2.82. The summed E-state index contributed by atoms with van der Waals surface area (Å²) in [5.74, 6) is 0. The van der Waals surface area contributed by atoms with Crippen LogP contribution in [0.3, 0.4) is 0 Å². The number of benzene rings is 2. The van der Waals surface area contributed by atoms with Crippen LogP contribution in [0.2, 0.25) is 5.02 Å². The highest BCUT2D eigenvalue weighted by atomic mass is 35.5. The fourth-order valence-electron chi connectivity index (χ4n) is 2.11. The molecule has 3 nitrogen and oxygen atoms in total. The normalized spacial score (nSPS) is 12.8. The highest BCUT2D eigenvalue weighted by Crippen LogP contribution is 2.34. The Morgan fingerprint density at radius 2 is 2.05 bits per heavy atom. The van der Waals surface area contributed by atoms with Gasteiger partial charge in [-0.05, 0) is 49.2 Å². The van der Waals surface area contributed by atoms with Crippen molar-refractivity contribution in [2.45, 2.75) is 30.0 Å². The molecule has 3 rings (SSSR count). The van der Waals surface area contributed by atoms with E-state index in [0.29, 0.717) is 5.02 Å². The fraction of sp³-hybridized carbons (Fsp3) is 0.188. The van der Waals surface area contributed by atoms with E-state index < -0.39 is 6.10 Å². The number of aromatic nitrogens is 2. The number of aromatic amines is 1. The number of nitrogens with zero attached hydrogens (tertiary/aromatic N) is 1. The predicted octanol–water partition coefficient (Wildman–Crippen LogP) is 4.73. The third kappa shape index (κ3) is 3.07. The smallest absolute Gasteiger partial charge is 0.171 e. The van der Waals surface area contributed by atoms with Crippen LogP contribution < -0.4 is 0 Å². The van der Waals surface area contributed by atoms with Crippen LogP contribution in [-0.4, -0.2) is 15.1 Å². The summed E-state index contributed by atoms with van der Waals surface area (Å²) in [7, 11) is 0. The van der Waals surface area contributed by atoms with Crippen molar-refractivity contribution in [2.24, 2.45) is 0 Å². The molecule has 1 heterocycles. The lowest BCUT2D eigenvalue weighted by Gasteiger charge is -2.07. The van der Waals surface area contributed by atoms with Gasteiger partial charge >= 0.3 is 0 Å². The van der Waals surface area contributed by atoms with Crippen molar-refractivity contribution in [3.8, 4) is 0 Å². The third-order valence-corrected chi connectivity index (χ3v) is 4.65. The summed E-state index contributed by atoms with van der Waals surface area (Å²) < 4.78 is 0. The molecule has 0 fully saturated rings. The molecular formula is C16H15ClN2OS. The van der Waals surface area contributed by atoms with Crippen LogP contribution >= 0.6 is 23.4 Å². The van der Waals surface area contributed by atoms with Gasteiger partial charge in [-0.25, -0.2) is 4.98 Å². The molecule has 1 atom stereocenters. The molecule has 0 saturated heterocycles. The molecular weight excluding hydrogens is 304 g/mol. The Labute approximate surface area is 132 Å². The van der Waals surface area contributed by atoms with E-state index >= 15 is 0 Å². The number of halogens is 1. The van der Waals surface area contributed by atoms with Gasteiger partial charge in [-0.2, -0.15) is 0 Å². The third-order valence-electron chi connectivity index (χ3n) is 3.26. The maximum atomic E-state index is 9.57. The van der Waals surface area contributed by atoms with Crippen LogP contribution in [-0.2, 0) is 0 Å². The van der Waals surface area contributed by atoms with Crippen LogP contribution in [0.4, 0.5) is 0 Å². The highest BCUT2D eigenvalue weighted by molar-refractivity contribution is 7.99. The zero-order valence-corrected chi connectivity index (χ0v) is 13.3. The number of aryl methyl sites for hydroxylation is 1. The first-order valence-corrected chi connectivity index (χ1v) is 7.84. The summed E-state index contributed by atoms with van der Waals surface area (Å²) in [6.07, 6.45) is -0.518.